The summed E-state index contributed by atoms with van der Waals surface area (Å²) in [5.41, 5.74) is 0.0837. The third kappa shape index (κ3) is 5.71. The van der Waals surface area contributed by atoms with Crippen molar-refractivity contribution in [1.29, 1.82) is 0 Å². The van der Waals surface area contributed by atoms with Gasteiger partial charge in [-0.2, -0.15) is 0 Å². The van der Waals surface area contributed by atoms with Crippen LogP contribution in [0.1, 0.15) is 80.1 Å². The molecule has 1 heterocycles. The van der Waals surface area contributed by atoms with Gasteiger partial charge in [0.2, 0.25) is 0 Å². The van der Waals surface area contributed by atoms with Gasteiger partial charge in [0.15, 0.2) is 5.79 Å². The second-order valence-electron chi connectivity index (χ2n) is 7.56. The second kappa shape index (κ2) is 7.24. The molecule has 20 heavy (non-hydrogen) atoms. The zero-order valence-corrected chi connectivity index (χ0v) is 14.5. The number of rotatable bonds is 8. The van der Waals surface area contributed by atoms with Crippen LogP contribution >= 0.6 is 0 Å². The molecule has 3 nitrogen and oxygen atoms in total. The van der Waals surface area contributed by atoms with Crippen LogP contribution in [0.3, 0.4) is 0 Å². The molecular formula is C17H35NO2. The van der Waals surface area contributed by atoms with Gasteiger partial charge in [0.25, 0.3) is 0 Å². The molecule has 0 atom stereocenters. The highest BCUT2D eigenvalue weighted by molar-refractivity contribution is 5.01. The normalized spacial score (nSPS) is 23.7. The van der Waals surface area contributed by atoms with Crippen LogP contribution in [0.2, 0.25) is 0 Å². The third-order valence-electron chi connectivity index (χ3n) is 3.83. The van der Waals surface area contributed by atoms with Crippen LogP contribution in [-0.4, -0.2) is 30.1 Å². The number of nitrogens with one attached hydrogen (secondary N) is 1. The minimum Gasteiger partial charge on any atom is -0.350 e. The lowest BCUT2D eigenvalue weighted by Gasteiger charge is -2.52. The lowest BCUT2D eigenvalue weighted by atomic mass is 9.78. The molecule has 0 unspecified atom stereocenters. The molecule has 1 aliphatic heterocycles. The number of ether oxygens (including phenoxy) is 2. The Hall–Kier alpha value is -0.120. The van der Waals surface area contributed by atoms with Gasteiger partial charge in [-0.15, -0.1) is 0 Å². The Balaban J connectivity index is 2.78. The summed E-state index contributed by atoms with van der Waals surface area (Å²) in [7, 11) is 0. The van der Waals surface area contributed by atoms with Gasteiger partial charge < -0.3 is 14.8 Å². The third-order valence-corrected chi connectivity index (χ3v) is 3.83. The Morgan fingerprint density at radius 1 is 0.800 bits per heavy atom. The molecule has 0 bridgehead atoms. The lowest BCUT2D eigenvalue weighted by molar-refractivity contribution is -0.272. The van der Waals surface area contributed by atoms with Crippen molar-refractivity contribution in [2.24, 2.45) is 0 Å². The van der Waals surface area contributed by atoms with E-state index in [9.17, 15) is 0 Å². The minimum atomic E-state index is -0.414. The van der Waals surface area contributed by atoms with Crippen molar-refractivity contribution in [1.82, 2.24) is 5.32 Å². The zero-order valence-electron chi connectivity index (χ0n) is 14.5. The van der Waals surface area contributed by atoms with Crippen molar-refractivity contribution in [3.8, 4) is 0 Å². The monoisotopic (exact) mass is 285 g/mol. The minimum absolute atomic E-state index is 0.0418. The highest BCUT2D eigenvalue weighted by Gasteiger charge is 2.48. The van der Waals surface area contributed by atoms with Gasteiger partial charge in [-0.05, 0) is 40.5 Å². The maximum atomic E-state index is 6.27. The van der Waals surface area contributed by atoms with E-state index < -0.39 is 5.79 Å². The first-order valence-electron chi connectivity index (χ1n) is 8.31. The smallest absolute Gasteiger partial charge is 0.171 e. The molecule has 0 radical (unpaired) electrons. The van der Waals surface area contributed by atoms with Crippen molar-refractivity contribution in [3.63, 3.8) is 0 Å². The van der Waals surface area contributed by atoms with Crippen molar-refractivity contribution in [3.05, 3.63) is 0 Å². The molecule has 0 spiro atoms. The van der Waals surface area contributed by atoms with E-state index in [1.165, 1.54) is 0 Å². The topological polar surface area (TPSA) is 30.5 Å². The van der Waals surface area contributed by atoms with Crippen molar-refractivity contribution >= 4 is 0 Å². The Labute approximate surface area is 125 Å². The fourth-order valence-electron chi connectivity index (χ4n) is 3.46. The summed E-state index contributed by atoms with van der Waals surface area (Å²) in [5, 5.41) is 3.71. The van der Waals surface area contributed by atoms with Gasteiger partial charge >= 0.3 is 0 Å². The molecule has 0 aliphatic carbocycles. The molecular weight excluding hydrogens is 250 g/mol. The molecule has 0 saturated carbocycles. The molecule has 1 rings (SSSR count). The Kier molecular flexibility index (Phi) is 6.49. The maximum absolute atomic E-state index is 6.27. The van der Waals surface area contributed by atoms with E-state index in [0.29, 0.717) is 0 Å². The van der Waals surface area contributed by atoms with E-state index in [4.69, 9.17) is 9.47 Å². The molecule has 0 aromatic rings. The molecule has 1 fully saturated rings. The van der Waals surface area contributed by atoms with E-state index in [0.717, 1.165) is 51.7 Å². The van der Waals surface area contributed by atoms with Gasteiger partial charge in [-0.25, -0.2) is 0 Å². The van der Waals surface area contributed by atoms with E-state index in [1.807, 2.05) is 0 Å². The van der Waals surface area contributed by atoms with E-state index >= 15 is 0 Å². The Morgan fingerprint density at radius 2 is 1.20 bits per heavy atom. The van der Waals surface area contributed by atoms with Crippen LogP contribution in [0.15, 0.2) is 0 Å². The fraction of sp³-hybridized carbons (Fsp3) is 1.00. The average molecular weight is 285 g/mol. The van der Waals surface area contributed by atoms with E-state index in [1.54, 1.807) is 0 Å². The predicted octanol–water partition coefficient (Wildman–Crippen LogP) is 4.26. The maximum Gasteiger partial charge on any atom is 0.171 e. The SMILES string of the molecule is CCCCOC1(OCCCC)CC(C)(C)NC(C)(C)C1. The summed E-state index contributed by atoms with van der Waals surface area (Å²) < 4.78 is 12.5. The summed E-state index contributed by atoms with van der Waals surface area (Å²) >= 11 is 0. The molecule has 0 aromatic carbocycles. The van der Waals surface area contributed by atoms with Crippen LogP contribution in [0.4, 0.5) is 0 Å². The summed E-state index contributed by atoms with van der Waals surface area (Å²) in [6.45, 7) is 15.0. The van der Waals surface area contributed by atoms with Gasteiger partial charge in [0.1, 0.15) is 0 Å². The summed E-state index contributed by atoms with van der Waals surface area (Å²) in [6, 6.07) is 0. The zero-order chi connectivity index (χ0) is 15.3. The molecule has 1 aliphatic rings. The summed E-state index contributed by atoms with van der Waals surface area (Å²) in [4.78, 5) is 0. The van der Waals surface area contributed by atoms with Crippen molar-refractivity contribution < 1.29 is 9.47 Å². The molecule has 1 saturated heterocycles. The van der Waals surface area contributed by atoms with Crippen molar-refractivity contribution in [2.75, 3.05) is 13.2 Å². The number of hydrogen-bond donors (Lipinski definition) is 1. The van der Waals surface area contributed by atoms with Crippen LogP contribution in [-0.2, 0) is 9.47 Å². The van der Waals surface area contributed by atoms with Gasteiger partial charge in [-0.1, -0.05) is 26.7 Å². The first-order chi connectivity index (χ1) is 9.24. The number of piperidine rings is 1. The predicted molar refractivity (Wildman–Crippen MR) is 85.0 cm³/mol. The van der Waals surface area contributed by atoms with Gasteiger partial charge in [0, 0.05) is 23.9 Å². The first-order valence-corrected chi connectivity index (χ1v) is 8.31. The van der Waals surface area contributed by atoms with Crippen LogP contribution in [0.5, 0.6) is 0 Å². The highest BCUT2D eigenvalue weighted by atomic mass is 16.7. The average Bonchev–Trinajstić information content (AvgIpc) is 2.25. The standard InChI is InChI=1S/C17H35NO2/c1-7-9-11-19-17(20-12-10-8-2)13-15(3,4)18-16(5,6)14-17/h18H,7-14H2,1-6H3. The van der Waals surface area contributed by atoms with Crippen LogP contribution in [0.25, 0.3) is 0 Å². The molecule has 120 valence electrons. The van der Waals surface area contributed by atoms with Crippen LogP contribution in [0, 0.1) is 0 Å². The molecule has 0 amide bonds. The highest BCUT2D eigenvalue weighted by Crippen LogP contribution is 2.39. The molecule has 3 heteroatoms. The quantitative estimate of drug-likeness (QED) is 0.534. The molecule has 0 aromatic heterocycles. The van der Waals surface area contributed by atoms with Gasteiger partial charge in [0.05, 0.1) is 13.2 Å². The van der Waals surface area contributed by atoms with E-state index in [-0.39, 0.29) is 11.1 Å². The second-order valence-corrected chi connectivity index (χ2v) is 7.56. The summed E-state index contributed by atoms with van der Waals surface area (Å²) in [6.07, 6.45) is 6.36. The fourth-order valence-corrected chi connectivity index (χ4v) is 3.46. The van der Waals surface area contributed by atoms with E-state index in [2.05, 4.69) is 46.9 Å². The largest absolute Gasteiger partial charge is 0.350 e. The Bertz CT molecular complexity index is 259. The lowest BCUT2D eigenvalue weighted by Crippen LogP contribution is -2.65. The Morgan fingerprint density at radius 3 is 1.55 bits per heavy atom. The van der Waals surface area contributed by atoms with Crippen molar-refractivity contribution in [2.45, 2.75) is 96.9 Å². The first kappa shape index (κ1) is 17.9. The number of unbranched alkanes of at least 4 members (excludes halogenated alkanes) is 2. The molecule has 1 N–H and O–H groups in total. The van der Waals surface area contributed by atoms with Crippen LogP contribution < -0.4 is 5.32 Å². The number of hydrogen-bond acceptors (Lipinski definition) is 3. The summed E-state index contributed by atoms with van der Waals surface area (Å²) in [5.74, 6) is -0.414. The van der Waals surface area contributed by atoms with Gasteiger partial charge in [-0.3, -0.25) is 0 Å².